The molecule has 2 aromatic rings. The molecule has 1 saturated heterocycles. The van der Waals surface area contributed by atoms with Crippen LogP contribution in [0.4, 0.5) is 0 Å². The van der Waals surface area contributed by atoms with Gasteiger partial charge in [0.25, 0.3) is 5.91 Å². The Morgan fingerprint density at radius 2 is 1.67 bits per heavy atom. The van der Waals surface area contributed by atoms with Crippen molar-refractivity contribution in [3.05, 3.63) is 70.8 Å². The molecule has 0 radical (unpaired) electrons. The minimum absolute atomic E-state index is 0.265. The minimum atomic E-state index is -1.18. The van der Waals surface area contributed by atoms with Gasteiger partial charge in [-0.15, -0.1) is 0 Å². The van der Waals surface area contributed by atoms with Crippen molar-refractivity contribution in [1.29, 1.82) is 0 Å². The SMILES string of the molecule is CC1(C(=O)NCc2ccc(CN3CCCCCC3)cc2)Cc2ccccc2C(=O)O1. The molecule has 1 fully saturated rings. The standard InChI is InChI=1S/C25H30N2O3/c1-25(16-21-8-4-5-9-22(21)23(28)30-25)24(29)26-17-19-10-12-20(13-11-19)18-27-14-6-2-3-7-15-27/h4-5,8-13H,2-3,6-7,14-18H2,1H3,(H,26,29). The van der Waals surface area contributed by atoms with Crippen LogP contribution in [0.5, 0.6) is 0 Å². The number of likely N-dealkylation sites (tertiary alicyclic amines) is 1. The molecule has 2 aliphatic rings. The van der Waals surface area contributed by atoms with E-state index in [-0.39, 0.29) is 5.91 Å². The average Bonchev–Trinajstić information content (AvgIpc) is 3.01. The summed E-state index contributed by atoms with van der Waals surface area (Å²) in [5.41, 5.74) is 2.55. The van der Waals surface area contributed by atoms with Gasteiger partial charge in [0, 0.05) is 19.5 Å². The fourth-order valence-corrected chi connectivity index (χ4v) is 4.34. The summed E-state index contributed by atoms with van der Waals surface area (Å²) < 4.78 is 5.51. The number of rotatable bonds is 5. The molecule has 2 aromatic carbocycles. The second kappa shape index (κ2) is 9.00. The van der Waals surface area contributed by atoms with E-state index in [0.29, 0.717) is 18.5 Å². The predicted octanol–water partition coefficient (Wildman–Crippen LogP) is 3.85. The number of hydrogen-bond acceptors (Lipinski definition) is 4. The first-order valence-electron chi connectivity index (χ1n) is 10.9. The van der Waals surface area contributed by atoms with Crippen molar-refractivity contribution >= 4 is 11.9 Å². The van der Waals surface area contributed by atoms with Gasteiger partial charge in [0.1, 0.15) is 0 Å². The summed E-state index contributed by atoms with van der Waals surface area (Å²) >= 11 is 0. The molecule has 0 saturated carbocycles. The maximum Gasteiger partial charge on any atom is 0.339 e. The Morgan fingerprint density at radius 1 is 1.00 bits per heavy atom. The smallest absolute Gasteiger partial charge is 0.339 e. The van der Waals surface area contributed by atoms with Gasteiger partial charge < -0.3 is 10.1 Å². The Hall–Kier alpha value is -2.66. The number of nitrogens with zero attached hydrogens (tertiary/aromatic N) is 1. The molecule has 5 nitrogen and oxygen atoms in total. The van der Waals surface area contributed by atoms with Gasteiger partial charge in [0.2, 0.25) is 0 Å². The number of ether oxygens (including phenoxy) is 1. The number of fused-ring (bicyclic) bond motifs is 1. The summed E-state index contributed by atoms with van der Waals surface area (Å²) in [6.07, 6.45) is 5.65. The minimum Gasteiger partial charge on any atom is -0.445 e. The quantitative estimate of drug-likeness (QED) is 0.767. The van der Waals surface area contributed by atoms with E-state index in [0.717, 1.165) is 17.7 Å². The van der Waals surface area contributed by atoms with Gasteiger partial charge in [-0.25, -0.2) is 4.79 Å². The first kappa shape index (κ1) is 20.6. The highest BCUT2D eigenvalue weighted by Gasteiger charge is 2.42. The van der Waals surface area contributed by atoms with Crippen molar-refractivity contribution in [2.24, 2.45) is 0 Å². The highest BCUT2D eigenvalue weighted by Crippen LogP contribution is 2.28. The molecule has 1 amide bonds. The second-order valence-corrected chi connectivity index (χ2v) is 8.64. The Balaban J connectivity index is 1.33. The van der Waals surface area contributed by atoms with Gasteiger partial charge in [-0.05, 0) is 55.6 Å². The lowest BCUT2D eigenvalue weighted by atomic mass is 9.89. The number of benzene rings is 2. The number of nitrogens with one attached hydrogen (secondary N) is 1. The molecule has 0 aromatic heterocycles. The Morgan fingerprint density at radius 3 is 2.40 bits per heavy atom. The molecule has 4 rings (SSSR count). The zero-order chi connectivity index (χ0) is 21.0. The van der Waals surface area contributed by atoms with E-state index in [9.17, 15) is 9.59 Å². The highest BCUT2D eigenvalue weighted by atomic mass is 16.6. The van der Waals surface area contributed by atoms with Crippen LogP contribution >= 0.6 is 0 Å². The van der Waals surface area contributed by atoms with Gasteiger partial charge in [-0.2, -0.15) is 0 Å². The summed E-state index contributed by atoms with van der Waals surface area (Å²) in [7, 11) is 0. The van der Waals surface area contributed by atoms with Gasteiger partial charge in [-0.1, -0.05) is 55.3 Å². The van der Waals surface area contributed by atoms with Crippen molar-refractivity contribution in [2.45, 2.75) is 57.7 Å². The summed E-state index contributed by atoms with van der Waals surface area (Å²) in [6, 6.07) is 15.7. The summed E-state index contributed by atoms with van der Waals surface area (Å²) in [6.45, 7) is 5.44. The zero-order valence-electron chi connectivity index (χ0n) is 17.7. The molecule has 1 atom stereocenters. The lowest BCUT2D eigenvalue weighted by Gasteiger charge is -2.33. The largest absolute Gasteiger partial charge is 0.445 e. The Kier molecular flexibility index (Phi) is 6.18. The third kappa shape index (κ3) is 4.73. The molecule has 1 unspecified atom stereocenters. The summed E-state index contributed by atoms with van der Waals surface area (Å²) in [5.74, 6) is -0.702. The maximum absolute atomic E-state index is 12.8. The number of amides is 1. The van der Waals surface area contributed by atoms with Crippen LogP contribution < -0.4 is 5.32 Å². The number of carbonyl (C=O) groups excluding carboxylic acids is 2. The fourth-order valence-electron chi connectivity index (χ4n) is 4.34. The number of carbonyl (C=O) groups is 2. The van der Waals surface area contributed by atoms with Gasteiger partial charge >= 0.3 is 5.97 Å². The molecule has 0 spiro atoms. The topological polar surface area (TPSA) is 58.6 Å². The van der Waals surface area contributed by atoms with Crippen LogP contribution in [0.3, 0.4) is 0 Å². The molecule has 1 N–H and O–H groups in total. The zero-order valence-corrected chi connectivity index (χ0v) is 17.7. The second-order valence-electron chi connectivity index (χ2n) is 8.64. The normalized spacial score (nSPS) is 22.0. The van der Waals surface area contributed by atoms with E-state index < -0.39 is 11.6 Å². The van der Waals surface area contributed by atoms with Crippen LogP contribution in [0.1, 0.15) is 59.7 Å². The summed E-state index contributed by atoms with van der Waals surface area (Å²) in [4.78, 5) is 27.6. The van der Waals surface area contributed by atoms with E-state index in [1.807, 2.05) is 12.1 Å². The lowest BCUT2D eigenvalue weighted by molar-refractivity contribution is -0.139. The number of cyclic esters (lactones) is 1. The molecule has 0 aliphatic carbocycles. The van der Waals surface area contributed by atoms with Crippen molar-refractivity contribution in [3.63, 3.8) is 0 Å². The number of esters is 1. The average molecular weight is 407 g/mol. The monoisotopic (exact) mass is 406 g/mol. The van der Waals surface area contributed by atoms with Crippen LogP contribution in [0.15, 0.2) is 48.5 Å². The first-order valence-corrected chi connectivity index (χ1v) is 10.9. The van der Waals surface area contributed by atoms with E-state index in [1.54, 1.807) is 19.1 Å². The van der Waals surface area contributed by atoms with Crippen molar-refractivity contribution in [2.75, 3.05) is 13.1 Å². The van der Waals surface area contributed by atoms with E-state index in [2.05, 4.69) is 34.5 Å². The van der Waals surface area contributed by atoms with Crippen molar-refractivity contribution in [3.8, 4) is 0 Å². The molecule has 0 bridgehead atoms. The van der Waals surface area contributed by atoms with Crippen LogP contribution in [0.2, 0.25) is 0 Å². The van der Waals surface area contributed by atoms with Gasteiger partial charge in [-0.3, -0.25) is 9.69 Å². The lowest BCUT2D eigenvalue weighted by Crippen LogP contribution is -2.51. The maximum atomic E-state index is 12.8. The highest BCUT2D eigenvalue weighted by molar-refractivity contribution is 5.97. The molecular formula is C25H30N2O3. The van der Waals surface area contributed by atoms with Crippen LogP contribution in [-0.4, -0.2) is 35.5 Å². The van der Waals surface area contributed by atoms with Gasteiger partial charge in [0.05, 0.1) is 5.56 Å². The van der Waals surface area contributed by atoms with E-state index in [1.165, 1.54) is 44.3 Å². The van der Waals surface area contributed by atoms with Crippen molar-refractivity contribution < 1.29 is 14.3 Å². The van der Waals surface area contributed by atoms with Crippen LogP contribution in [0, 0.1) is 0 Å². The first-order chi connectivity index (χ1) is 14.5. The Labute approximate surface area is 178 Å². The molecule has 5 heteroatoms. The molecule has 158 valence electrons. The van der Waals surface area contributed by atoms with E-state index >= 15 is 0 Å². The molecule has 2 aliphatic heterocycles. The predicted molar refractivity (Wildman–Crippen MR) is 116 cm³/mol. The molecule has 2 heterocycles. The van der Waals surface area contributed by atoms with Crippen LogP contribution in [0.25, 0.3) is 0 Å². The van der Waals surface area contributed by atoms with E-state index in [4.69, 9.17) is 4.74 Å². The number of hydrogen-bond donors (Lipinski definition) is 1. The fraction of sp³-hybridized carbons (Fsp3) is 0.440. The van der Waals surface area contributed by atoms with Gasteiger partial charge in [0.15, 0.2) is 5.60 Å². The van der Waals surface area contributed by atoms with Crippen LogP contribution in [-0.2, 0) is 29.0 Å². The van der Waals surface area contributed by atoms with Crippen molar-refractivity contribution in [1.82, 2.24) is 10.2 Å². The Bertz CT molecular complexity index is 901. The third-order valence-corrected chi connectivity index (χ3v) is 6.14. The summed E-state index contributed by atoms with van der Waals surface area (Å²) in [5, 5.41) is 2.94. The molecular weight excluding hydrogens is 376 g/mol. The molecule has 30 heavy (non-hydrogen) atoms. The third-order valence-electron chi connectivity index (χ3n) is 6.14.